The highest BCUT2D eigenvalue weighted by atomic mass is 16.2. The zero-order valence-corrected chi connectivity index (χ0v) is 16.4. The summed E-state index contributed by atoms with van der Waals surface area (Å²) in [4.78, 5) is 24.2. The molecule has 4 heteroatoms. The molecule has 2 rings (SSSR count). The van der Waals surface area contributed by atoms with Crippen molar-refractivity contribution < 1.29 is 9.59 Å². The van der Waals surface area contributed by atoms with E-state index in [2.05, 4.69) is 24.5 Å². The van der Waals surface area contributed by atoms with Crippen LogP contribution in [0, 0.1) is 17.3 Å². The van der Waals surface area contributed by atoms with Gasteiger partial charge in [-0.15, -0.1) is 0 Å². The summed E-state index contributed by atoms with van der Waals surface area (Å²) in [5.41, 5.74) is 0.191. The lowest BCUT2D eigenvalue weighted by molar-refractivity contribution is -0.128. The van der Waals surface area contributed by atoms with Gasteiger partial charge in [-0.05, 0) is 56.8 Å². The van der Waals surface area contributed by atoms with Crippen LogP contribution in [0.1, 0.15) is 90.9 Å². The smallest absolute Gasteiger partial charge is 0.223 e. The summed E-state index contributed by atoms with van der Waals surface area (Å²) in [6, 6.07) is 0. The molecular formula is C21H38N2O2. The SMILES string of the molecule is CCCC[C@](CC)(CCCNC(=O)C1CCC1)CNC(=O)C1CCC1. The van der Waals surface area contributed by atoms with Crippen molar-refractivity contribution in [1.82, 2.24) is 10.6 Å². The molecule has 2 saturated carbocycles. The maximum absolute atomic E-state index is 12.2. The van der Waals surface area contributed by atoms with Gasteiger partial charge in [0.2, 0.25) is 11.8 Å². The molecule has 4 nitrogen and oxygen atoms in total. The number of hydrogen-bond donors (Lipinski definition) is 2. The van der Waals surface area contributed by atoms with Gasteiger partial charge in [0.25, 0.3) is 0 Å². The van der Waals surface area contributed by atoms with Gasteiger partial charge in [-0.2, -0.15) is 0 Å². The number of carbonyl (C=O) groups is 2. The Kier molecular flexibility index (Phi) is 8.25. The van der Waals surface area contributed by atoms with Crippen LogP contribution in [0.15, 0.2) is 0 Å². The minimum Gasteiger partial charge on any atom is -0.356 e. The van der Waals surface area contributed by atoms with Crippen molar-refractivity contribution in [3.63, 3.8) is 0 Å². The lowest BCUT2D eigenvalue weighted by atomic mass is 9.75. The first-order chi connectivity index (χ1) is 12.1. The molecule has 0 aliphatic heterocycles. The summed E-state index contributed by atoms with van der Waals surface area (Å²) in [7, 11) is 0. The second kappa shape index (κ2) is 10.2. The number of amides is 2. The average Bonchev–Trinajstić information content (AvgIpc) is 2.50. The van der Waals surface area contributed by atoms with Crippen molar-refractivity contribution in [2.45, 2.75) is 90.9 Å². The molecule has 0 aromatic rings. The summed E-state index contributed by atoms with van der Waals surface area (Å²) in [5, 5.41) is 6.36. The first kappa shape index (κ1) is 20.3. The molecule has 0 aromatic heterocycles. The topological polar surface area (TPSA) is 58.2 Å². The van der Waals surface area contributed by atoms with Crippen molar-refractivity contribution in [3.05, 3.63) is 0 Å². The van der Waals surface area contributed by atoms with Gasteiger partial charge in [0, 0.05) is 24.9 Å². The van der Waals surface area contributed by atoms with E-state index in [1.54, 1.807) is 0 Å². The van der Waals surface area contributed by atoms with E-state index in [-0.39, 0.29) is 29.1 Å². The number of rotatable bonds is 12. The van der Waals surface area contributed by atoms with Gasteiger partial charge in [-0.3, -0.25) is 9.59 Å². The fourth-order valence-corrected chi connectivity index (χ4v) is 3.91. The Labute approximate surface area is 153 Å². The molecule has 144 valence electrons. The molecule has 2 N–H and O–H groups in total. The van der Waals surface area contributed by atoms with Gasteiger partial charge in [0.15, 0.2) is 0 Å². The number of unbranched alkanes of at least 4 members (excludes halogenated alkanes) is 1. The second-order valence-electron chi connectivity index (χ2n) is 8.33. The van der Waals surface area contributed by atoms with Gasteiger partial charge >= 0.3 is 0 Å². The molecule has 0 unspecified atom stereocenters. The molecule has 2 aliphatic rings. The van der Waals surface area contributed by atoms with Crippen LogP contribution < -0.4 is 10.6 Å². The van der Waals surface area contributed by atoms with E-state index in [4.69, 9.17) is 0 Å². The molecular weight excluding hydrogens is 312 g/mol. The molecule has 2 aliphatic carbocycles. The lowest BCUT2D eigenvalue weighted by Crippen LogP contribution is -2.42. The molecule has 2 amide bonds. The first-order valence-corrected chi connectivity index (χ1v) is 10.7. The van der Waals surface area contributed by atoms with Crippen molar-refractivity contribution in [2.75, 3.05) is 13.1 Å². The van der Waals surface area contributed by atoms with Gasteiger partial charge < -0.3 is 10.6 Å². The van der Waals surface area contributed by atoms with Crippen LogP contribution in [-0.2, 0) is 9.59 Å². The minimum absolute atomic E-state index is 0.191. The predicted molar refractivity (Wildman–Crippen MR) is 102 cm³/mol. The Balaban J connectivity index is 1.75. The highest BCUT2D eigenvalue weighted by Crippen LogP contribution is 2.34. The molecule has 0 spiro atoms. The van der Waals surface area contributed by atoms with E-state index in [0.717, 1.165) is 58.0 Å². The first-order valence-electron chi connectivity index (χ1n) is 10.7. The molecule has 0 saturated heterocycles. The monoisotopic (exact) mass is 350 g/mol. The Morgan fingerprint density at radius 2 is 1.44 bits per heavy atom. The Bertz CT molecular complexity index is 430. The van der Waals surface area contributed by atoms with Crippen LogP contribution in [0.4, 0.5) is 0 Å². The van der Waals surface area contributed by atoms with Crippen LogP contribution in [0.5, 0.6) is 0 Å². The zero-order chi connectivity index (χ0) is 18.1. The Morgan fingerprint density at radius 1 is 0.880 bits per heavy atom. The fourth-order valence-electron chi connectivity index (χ4n) is 3.91. The maximum atomic E-state index is 12.2. The molecule has 0 aromatic carbocycles. The van der Waals surface area contributed by atoms with E-state index >= 15 is 0 Å². The van der Waals surface area contributed by atoms with Crippen molar-refractivity contribution in [2.24, 2.45) is 17.3 Å². The van der Waals surface area contributed by atoms with Crippen molar-refractivity contribution >= 4 is 11.8 Å². The normalized spacial score (nSPS) is 20.2. The second-order valence-corrected chi connectivity index (χ2v) is 8.33. The average molecular weight is 351 g/mol. The third kappa shape index (κ3) is 6.00. The van der Waals surface area contributed by atoms with Crippen LogP contribution in [0.3, 0.4) is 0 Å². The van der Waals surface area contributed by atoms with E-state index in [9.17, 15) is 9.59 Å². The van der Waals surface area contributed by atoms with Crippen LogP contribution in [0.25, 0.3) is 0 Å². The van der Waals surface area contributed by atoms with E-state index in [1.165, 1.54) is 32.1 Å². The molecule has 1 atom stereocenters. The maximum Gasteiger partial charge on any atom is 0.223 e. The largest absolute Gasteiger partial charge is 0.356 e. The lowest BCUT2D eigenvalue weighted by Gasteiger charge is -2.35. The van der Waals surface area contributed by atoms with Gasteiger partial charge in [0.05, 0.1) is 0 Å². The predicted octanol–water partition coefficient (Wildman–Crippen LogP) is 4.19. The molecule has 0 heterocycles. The van der Waals surface area contributed by atoms with Crippen LogP contribution in [-0.4, -0.2) is 24.9 Å². The van der Waals surface area contributed by atoms with Gasteiger partial charge in [-0.25, -0.2) is 0 Å². The Hall–Kier alpha value is -1.06. The Morgan fingerprint density at radius 3 is 1.92 bits per heavy atom. The number of carbonyl (C=O) groups excluding carboxylic acids is 2. The van der Waals surface area contributed by atoms with Crippen LogP contribution in [0.2, 0.25) is 0 Å². The minimum atomic E-state index is 0.191. The third-order valence-electron chi connectivity index (χ3n) is 6.58. The molecule has 25 heavy (non-hydrogen) atoms. The van der Waals surface area contributed by atoms with Gasteiger partial charge in [-0.1, -0.05) is 39.5 Å². The summed E-state index contributed by atoms with van der Waals surface area (Å²) in [5.74, 6) is 1.05. The third-order valence-corrected chi connectivity index (χ3v) is 6.58. The molecule has 0 radical (unpaired) electrons. The van der Waals surface area contributed by atoms with E-state index in [1.807, 2.05) is 0 Å². The fraction of sp³-hybridized carbons (Fsp3) is 0.905. The molecule has 2 fully saturated rings. The number of nitrogens with one attached hydrogen (secondary N) is 2. The standard InChI is InChI=1S/C21H38N2O2/c1-3-5-13-21(4-2,16-23-20(25)18-11-7-12-18)14-8-15-22-19(24)17-9-6-10-17/h17-18H,3-16H2,1-2H3,(H,22,24)(H,23,25)/t21-/m1/s1. The quantitative estimate of drug-likeness (QED) is 0.519. The molecule has 0 bridgehead atoms. The van der Waals surface area contributed by atoms with Crippen molar-refractivity contribution in [3.8, 4) is 0 Å². The van der Waals surface area contributed by atoms with Gasteiger partial charge in [0.1, 0.15) is 0 Å². The highest BCUT2D eigenvalue weighted by molar-refractivity contribution is 5.79. The summed E-state index contributed by atoms with van der Waals surface area (Å²) < 4.78 is 0. The number of hydrogen-bond acceptors (Lipinski definition) is 2. The van der Waals surface area contributed by atoms with E-state index in [0.29, 0.717) is 0 Å². The van der Waals surface area contributed by atoms with E-state index < -0.39 is 0 Å². The summed E-state index contributed by atoms with van der Waals surface area (Å²) >= 11 is 0. The zero-order valence-electron chi connectivity index (χ0n) is 16.4. The summed E-state index contributed by atoms with van der Waals surface area (Å²) in [6.07, 6.45) is 13.4. The van der Waals surface area contributed by atoms with Crippen LogP contribution >= 0.6 is 0 Å². The highest BCUT2D eigenvalue weighted by Gasteiger charge is 2.31. The summed E-state index contributed by atoms with van der Waals surface area (Å²) in [6.45, 7) is 6.06. The van der Waals surface area contributed by atoms with Crippen molar-refractivity contribution in [1.29, 1.82) is 0 Å².